The average Bonchev–Trinajstić information content (AvgIpc) is 2.80. The average molecular weight is 199 g/mol. The van der Waals surface area contributed by atoms with Gasteiger partial charge in [-0.15, -0.1) is 0 Å². The molecule has 0 atom stereocenters. The Hall–Kier alpha value is -2.26. The maximum absolute atomic E-state index is 8.18. The highest BCUT2D eigenvalue weighted by Crippen LogP contribution is 2.09. The lowest BCUT2D eigenvalue weighted by atomic mass is 10.2. The van der Waals surface area contributed by atoms with E-state index in [4.69, 9.17) is 5.53 Å². The molecular weight excluding hydrogens is 190 g/mol. The molecule has 2 aromatic rings. The first-order valence-corrected chi connectivity index (χ1v) is 4.48. The zero-order valence-corrected chi connectivity index (χ0v) is 7.98. The fourth-order valence-corrected chi connectivity index (χ4v) is 1.30. The van der Waals surface area contributed by atoms with Gasteiger partial charge in [0.1, 0.15) is 0 Å². The molecule has 5 heteroatoms. The maximum Gasteiger partial charge on any atom is 0.0991 e. The summed E-state index contributed by atoms with van der Waals surface area (Å²) in [5.41, 5.74) is 10.2. The van der Waals surface area contributed by atoms with Gasteiger partial charge in [-0.05, 0) is 23.2 Å². The molecule has 2 rings (SSSR count). The van der Waals surface area contributed by atoms with E-state index < -0.39 is 0 Å². The first-order valence-electron chi connectivity index (χ1n) is 4.48. The highest BCUT2D eigenvalue weighted by Gasteiger charge is 1.95. The molecule has 0 radical (unpaired) electrons. The highest BCUT2D eigenvalue weighted by atomic mass is 15.1. The van der Waals surface area contributed by atoms with Crippen molar-refractivity contribution in [1.82, 2.24) is 9.55 Å². The summed E-state index contributed by atoms with van der Waals surface area (Å²) in [6.45, 7) is 0.390. The van der Waals surface area contributed by atoms with Crippen LogP contribution in [-0.4, -0.2) is 9.55 Å². The molecule has 5 nitrogen and oxygen atoms in total. The molecule has 0 spiro atoms. The van der Waals surface area contributed by atoms with E-state index in [1.807, 2.05) is 35.0 Å². The van der Waals surface area contributed by atoms with E-state index in [1.54, 1.807) is 12.5 Å². The van der Waals surface area contributed by atoms with Gasteiger partial charge in [-0.1, -0.05) is 17.2 Å². The second kappa shape index (κ2) is 4.30. The van der Waals surface area contributed by atoms with E-state index in [2.05, 4.69) is 15.0 Å². The standard InChI is InChI=1S/C10H9N5/c11-14-13-7-9-1-3-10(4-2-9)15-6-5-12-8-15/h1-6,8H,7H2. The molecular formula is C10H9N5. The molecule has 0 unspecified atom stereocenters. The Balaban J connectivity index is 2.21. The predicted octanol–water partition coefficient (Wildman–Crippen LogP) is 2.68. The van der Waals surface area contributed by atoms with Gasteiger partial charge in [0.15, 0.2) is 0 Å². The summed E-state index contributed by atoms with van der Waals surface area (Å²) >= 11 is 0. The molecule has 0 amide bonds. The third-order valence-corrected chi connectivity index (χ3v) is 2.06. The van der Waals surface area contributed by atoms with Crippen LogP contribution in [0.2, 0.25) is 0 Å². The number of imidazole rings is 1. The molecule has 0 saturated heterocycles. The van der Waals surface area contributed by atoms with Crippen molar-refractivity contribution in [3.63, 3.8) is 0 Å². The summed E-state index contributed by atoms with van der Waals surface area (Å²) in [7, 11) is 0. The minimum absolute atomic E-state index is 0.390. The van der Waals surface area contributed by atoms with Gasteiger partial charge < -0.3 is 4.57 Å². The van der Waals surface area contributed by atoms with Crippen LogP contribution in [0.3, 0.4) is 0 Å². The topological polar surface area (TPSA) is 66.6 Å². The highest BCUT2D eigenvalue weighted by molar-refractivity contribution is 5.34. The van der Waals surface area contributed by atoms with Gasteiger partial charge in [0.2, 0.25) is 0 Å². The number of hydrogen-bond donors (Lipinski definition) is 0. The Morgan fingerprint density at radius 2 is 2.13 bits per heavy atom. The third kappa shape index (κ3) is 2.15. The zero-order chi connectivity index (χ0) is 10.5. The SMILES string of the molecule is [N-]=[N+]=NCc1ccc(-n2ccnc2)cc1. The summed E-state index contributed by atoms with van der Waals surface area (Å²) in [4.78, 5) is 6.68. The van der Waals surface area contributed by atoms with Crippen LogP contribution < -0.4 is 0 Å². The molecule has 0 bridgehead atoms. The van der Waals surface area contributed by atoms with E-state index in [0.29, 0.717) is 6.54 Å². The Bertz CT molecular complexity index is 465. The maximum atomic E-state index is 8.18. The van der Waals surface area contributed by atoms with Crippen LogP contribution in [-0.2, 0) is 6.54 Å². The van der Waals surface area contributed by atoms with E-state index >= 15 is 0 Å². The minimum Gasteiger partial charge on any atom is -0.306 e. The van der Waals surface area contributed by atoms with Gasteiger partial charge in [0.05, 0.1) is 12.9 Å². The zero-order valence-electron chi connectivity index (χ0n) is 7.98. The van der Waals surface area contributed by atoms with Gasteiger partial charge in [-0.3, -0.25) is 0 Å². The number of azide groups is 1. The van der Waals surface area contributed by atoms with Gasteiger partial charge >= 0.3 is 0 Å². The summed E-state index contributed by atoms with van der Waals surface area (Å²) < 4.78 is 1.91. The van der Waals surface area contributed by atoms with Crippen molar-refractivity contribution in [1.29, 1.82) is 0 Å². The second-order valence-electron chi connectivity index (χ2n) is 3.03. The fourth-order valence-electron chi connectivity index (χ4n) is 1.30. The number of benzene rings is 1. The largest absolute Gasteiger partial charge is 0.306 e. The van der Waals surface area contributed by atoms with Crippen molar-refractivity contribution in [3.05, 3.63) is 59.0 Å². The lowest BCUT2D eigenvalue weighted by molar-refractivity contribution is 1.02. The number of aromatic nitrogens is 2. The normalized spacial score (nSPS) is 9.60. The Morgan fingerprint density at radius 1 is 1.33 bits per heavy atom. The van der Waals surface area contributed by atoms with Crippen molar-refractivity contribution in [2.75, 3.05) is 0 Å². The van der Waals surface area contributed by atoms with Gasteiger partial charge in [-0.25, -0.2) is 4.98 Å². The lowest BCUT2D eigenvalue weighted by Gasteiger charge is -2.02. The fraction of sp³-hybridized carbons (Fsp3) is 0.100. The van der Waals surface area contributed by atoms with Crippen molar-refractivity contribution in [3.8, 4) is 5.69 Å². The first kappa shape index (κ1) is 9.30. The molecule has 1 aromatic carbocycles. The van der Waals surface area contributed by atoms with Crippen molar-refractivity contribution < 1.29 is 0 Å². The molecule has 15 heavy (non-hydrogen) atoms. The monoisotopic (exact) mass is 199 g/mol. The number of nitrogens with zero attached hydrogens (tertiary/aromatic N) is 5. The smallest absolute Gasteiger partial charge is 0.0991 e. The van der Waals surface area contributed by atoms with Gasteiger partial charge in [0, 0.05) is 23.0 Å². The predicted molar refractivity (Wildman–Crippen MR) is 56.4 cm³/mol. The minimum atomic E-state index is 0.390. The van der Waals surface area contributed by atoms with Gasteiger partial charge in [0.25, 0.3) is 0 Å². The third-order valence-electron chi connectivity index (χ3n) is 2.06. The first-order chi connectivity index (χ1) is 7.40. The van der Waals surface area contributed by atoms with Crippen LogP contribution in [0.1, 0.15) is 5.56 Å². The molecule has 0 aliphatic carbocycles. The molecule has 0 fully saturated rings. The Labute approximate surface area is 86.6 Å². The summed E-state index contributed by atoms with van der Waals surface area (Å²) in [5, 5.41) is 3.50. The van der Waals surface area contributed by atoms with Crippen LogP contribution in [0.5, 0.6) is 0 Å². The summed E-state index contributed by atoms with van der Waals surface area (Å²) in [6, 6.07) is 7.79. The van der Waals surface area contributed by atoms with Crippen molar-refractivity contribution in [2.45, 2.75) is 6.54 Å². The van der Waals surface area contributed by atoms with Gasteiger partial charge in [-0.2, -0.15) is 0 Å². The summed E-state index contributed by atoms with van der Waals surface area (Å²) in [6.07, 6.45) is 5.35. The molecule has 1 aromatic heterocycles. The van der Waals surface area contributed by atoms with E-state index in [1.165, 1.54) is 0 Å². The molecule has 1 heterocycles. The molecule has 0 N–H and O–H groups in total. The Morgan fingerprint density at radius 3 is 2.73 bits per heavy atom. The van der Waals surface area contributed by atoms with Crippen LogP contribution in [0.15, 0.2) is 48.1 Å². The van der Waals surface area contributed by atoms with Crippen LogP contribution in [0.4, 0.5) is 0 Å². The molecule has 0 aliphatic heterocycles. The van der Waals surface area contributed by atoms with Crippen LogP contribution in [0, 0.1) is 0 Å². The van der Waals surface area contributed by atoms with Crippen molar-refractivity contribution >= 4 is 0 Å². The van der Waals surface area contributed by atoms with E-state index in [-0.39, 0.29) is 0 Å². The molecule has 0 saturated carbocycles. The van der Waals surface area contributed by atoms with Crippen LogP contribution in [0.25, 0.3) is 16.1 Å². The molecule has 0 aliphatic rings. The van der Waals surface area contributed by atoms with Crippen LogP contribution >= 0.6 is 0 Å². The molecule has 74 valence electrons. The van der Waals surface area contributed by atoms with E-state index in [0.717, 1.165) is 11.3 Å². The van der Waals surface area contributed by atoms with Crippen molar-refractivity contribution in [2.24, 2.45) is 5.11 Å². The quantitative estimate of drug-likeness (QED) is 0.425. The lowest BCUT2D eigenvalue weighted by Crippen LogP contribution is -1.90. The number of rotatable bonds is 3. The summed E-state index contributed by atoms with van der Waals surface area (Å²) in [5.74, 6) is 0. The van der Waals surface area contributed by atoms with E-state index in [9.17, 15) is 0 Å². The Kier molecular flexibility index (Phi) is 2.67. The number of hydrogen-bond acceptors (Lipinski definition) is 2. The second-order valence-corrected chi connectivity index (χ2v) is 3.03.